The van der Waals surface area contributed by atoms with Crippen LogP contribution in [0.25, 0.3) is 0 Å². The van der Waals surface area contributed by atoms with Crippen LogP contribution < -0.4 is 21.2 Å². The van der Waals surface area contributed by atoms with E-state index >= 15 is 0 Å². The molecule has 0 saturated carbocycles. The second-order valence-electron chi connectivity index (χ2n) is 11.3. The lowest BCUT2D eigenvalue weighted by molar-refractivity contribution is 0.280. The molecule has 0 aliphatic heterocycles. The van der Waals surface area contributed by atoms with E-state index in [2.05, 4.69) is 153 Å². The van der Waals surface area contributed by atoms with Gasteiger partial charge < -0.3 is 5.11 Å². The van der Waals surface area contributed by atoms with Gasteiger partial charge in [-0.05, 0) is 84.7 Å². The number of hydrogen-bond acceptors (Lipinski definition) is 1. The number of hydrogen-bond donors (Lipinski definition) is 1. The molecule has 1 N–H and O–H groups in total. The van der Waals surface area contributed by atoms with E-state index in [4.69, 9.17) is 0 Å². The summed E-state index contributed by atoms with van der Waals surface area (Å²) in [5.41, 5.74) is 6.67. The monoisotopic (exact) mass is 598 g/mol. The topological polar surface area (TPSA) is 20.2 Å². The van der Waals surface area contributed by atoms with Crippen molar-refractivity contribution in [3.05, 3.63) is 167 Å². The maximum absolute atomic E-state index is 10.4. The summed E-state index contributed by atoms with van der Waals surface area (Å²) in [6, 6.07) is 49.7. The van der Waals surface area contributed by atoms with E-state index in [1.807, 2.05) is 0 Å². The number of rotatable bonds is 10. The highest BCUT2D eigenvalue weighted by molar-refractivity contribution is 7.77. The fourth-order valence-electron chi connectivity index (χ4n) is 6.64. The highest BCUT2D eigenvalue weighted by Gasteiger charge is 2.46. The van der Waals surface area contributed by atoms with Crippen molar-refractivity contribution in [3.8, 4) is 0 Å². The molecule has 0 saturated heterocycles. The van der Waals surface area contributed by atoms with E-state index in [-0.39, 0.29) is 11.8 Å². The lowest BCUT2D eigenvalue weighted by atomic mass is 9.81. The van der Waals surface area contributed by atoms with Crippen LogP contribution in [0.5, 0.6) is 0 Å². The minimum Gasteiger partial charge on any atom is -0.392 e. The van der Waals surface area contributed by atoms with E-state index in [9.17, 15) is 5.11 Å². The Morgan fingerprint density at radius 1 is 0.605 bits per heavy atom. The molecule has 0 fully saturated rings. The first kappa shape index (κ1) is 29.7. The molecular formula is C40H40OP2. The molecule has 6 rings (SSSR count). The van der Waals surface area contributed by atoms with Gasteiger partial charge in [-0.1, -0.05) is 159 Å². The van der Waals surface area contributed by atoms with Crippen LogP contribution in [0.3, 0.4) is 0 Å². The normalized spacial score (nSPS) is 16.3. The molecule has 0 amide bonds. The molecular weight excluding hydrogens is 558 g/mol. The van der Waals surface area contributed by atoms with Crippen LogP contribution in [0.15, 0.2) is 145 Å². The van der Waals surface area contributed by atoms with Gasteiger partial charge in [0.1, 0.15) is 0 Å². The summed E-state index contributed by atoms with van der Waals surface area (Å²) in [6.07, 6.45) is 6.60. The van der Waals surface area contributed by atoms with Crippen molar-refractivity contribution < 1.29 is 5.11 Å². The molecule has 1 nitrogen and oxygen atoms in total. The number of aryl methyl sites for hydroxylation is 1. The second-order valence-corrected chi connectivity index (χ2v) is 16.0. The Kier molecular flexibility index (Phi) is 9.35. The zero-order valence-corrected chi connectivity index (χ0v) is 26.9. The summed E-state index contributed by atoms with van der Waals surface area (Å²) >= 11 is 0. The van der Waals surface area contributed by atoms with E-state index in [1.165, 1.54) is 43.5 Å². The molecule has 5 aromatic rings. The van der Waals surface area contributed by atoms with E-state index in [0.717, 1.165) is 31.0 Å². The summed E-state index contributed by atoms with van der Waals surface area (Å²) in [7, 11) is -1.53. The van der Waals surface area contributed by atoms with Crippen LogP contribution in [-0.2, 0) is 24.6 Å². The van der Waals surface area contributed by atoms with Crippen LogP contribution in [0.4, 0.5) is 0 Å². The zero-order valence-electron chi connectivity index (χ0n) is 25.2. The molecule has 0 bridgehead atoms. The molecule has 0 radical (unpaired) electrons. The lowest BCUT2D eigenvalue weighted by Crippen LogP contribution is -2.39. The van der Waals surface area contributed by atoms with E-state index in [0.29, 0.717) is 0 Å². The highest BCUT2D eigenvalue weighted by Crippen LogP contribution is 2.63. The van der Waals surface area contributed by atoms with E-state index in [1.54, 1.807) is 0 Å². The SMILES string of the molecule is CCC1=CC(CP(c2ccccc2)c2ccccc2)(P(c2ccccc2)c2ccccc2)c2cc(CC)c(CO)cc2C1. The van der Waals surface area contributed by atoms with Crippen molar-refractivity contribution in [1.29, 1.82) is 0 Å². The third kappa shape index (κ3) is 6.05. The Labute approximate surface area is 259 Å². The van der Waals surface area contributed by atoms with Crippen molar-refractivity contribution in [2.24, 2.45) is 0 Å². The minimum absolute atomic E-state index is 0.0848. The summed E-state index contributed by atoms with van der Waals surface area (Å²) in [6.45, 7) is 4.61. The molecule has 216 valence electrons. The fourth-order valence-corrected chi connectivity index (χ4v) is 13.0. The first-order valence-corrected chi connectivity index (χ1v) is 18.3. The quantitative estimate of drug-likeness (QED) is 0.127. The molecule has 1 aliphatic carbocycles. The van der Waals surface area contributed by atoms with Crippen molar-refractivity contribution in [1.82, 2.24) is 0 Å². The Morgan fingerprint density at radius 3 is 1.53 bits per heavy atom. The van der Waals surface area contributed by atoms with Gasteiger partial charge in [0.2, 0.25) is 0 Å². The smallest absolute Gasteiger partial charge is 0.0684 e. The maximum Gasteiger partial charge on any atom is 0.0684 e. The summed E-state index contributed by atoms with van der Waals surface area (Å²) < 4.78 is 0. The number of fused-ring (bicyclic) bond motifs is 1. The number of aliphatic hydroxyl groups excluding tert-OH is 1. The minimum atomic E-state index is -0.839. The molecule has 43 heavy (non-hydrogen) atoms. The summed E-state index contributed by atoms with van der Waals surface area (Å²) in [5, 5.41) is 15.8. The van der Waals surface area contributed by atoms with Crippen LogP contribution in [0, 0.1) is 0 Å². The zero-order chi connectivity index (χ0) is 29.6. The Morgan fingerprint density at radius 2 is 1.09 bits per heavy atom. The van der Waals surface area contributed by atoms with Crippen LogP contribution in [0.1, 0.15) is 42.5 Å². The first-order valence-electron chi connectivity index (χ1n) is 15.4. The third-order valence-electron chi connectivity index (χ3n) is 8.72. The molecule has 1 aliphatic rings. The average molecular weight is 599 g/mol. The Balaban J connectivity index is 1.70. The van der Waals surface area contributed by atoms with Crippen molar-refractivity contribution in [2.45, 2.75) is 44.9 Å². The summed E-state index contributed by atoms with van der Waals surface area (Å²) in [4.78, 5) is 0. The molecule has 1 unspecified atom stereocenters. The van der Waals surface area contributed by atoms with Gasteiger partial charge in [0, 0.05) is 5.16 Å². The molecule has 0 heterocycles. The first-order chi connectivity index (χ1) is 21.2. The van der Waals surface area contributed by atoms with Gasteiger partial charge >= 0.3 is 0 Å². The maximum atomic E-state index is 10.4. The Bertz CT molecular complexity index is 1590. The van der Waals surface area contributed by atoms with Crippen molar-refractivity contribution >= 4 is 37.1 Å². The number of benzene rings is 5. The van der Waals surface area contributed by atoms with Crippen LogP contribution in [0.2, 0.25) is 0 Å². The van der Waals surface area contributed by atoms with Crippen LogP contribution >= 0.6 is 15.8 Å². The predicted molar refractivity (Wildman–Crippen MR) is 189 cm³/mol. The Hall–Kier alpha value is -3.34. The van der Waals surface area contributed by atoms with Gasteiger partial charge in [-0.25, -0.2) is 0 Å². The third-order valence-corrected chi connectivity index (χ3v) is 14.6. The van der Waals surface area contributed by atoms with Crippen molar-refractivity contribution in [2.75, 3.05) is 6.16 Å². The molecule has 0 spiro atoms. The van der Waals surface area contributed by atoms with Gasteiger partial charge in [0.15, 0.2) is 0 Å². The van der Waals surface area contributed by atoms with Crippen molar-refractivity contribution in [3.63, 3.8) is 0 Å². The summed E-state index contributed by atoms with van der Waals surface area (Å²) in [5.74, 6) is 0. The second kappa shape index (κ2) is 13.5. The molecule has 0 aromatic heterocycles. The molecule has 3 heteroatoms. The van der Waals surface area contributed by atoms with Gasteiger partial charge in [-0.3, -0.25) is 0 Å². The largest absolute Gasteiger partial charge is 0.392 e. The predicted octanol–water partition coefficient (Wildman–Crippen LogP) is 8.09. The number of aliphatic hydroxyl groups is 1. The van der Waals surface area contributed by atoms with E-state index < -0.39 is 15.8 Å². The highest BCUT2D eigenvalue weighted by atomic mass is 31.1. The van der Waals surface area contributed by atoms with Gasteiger partial charge in [-0.2, -0.15) is 0 Å². The van der Waals surface area contributed by atoms with Gasteiger partial charge in [0.25, 0.3) is 0 Å². The number of allylic oxidation sites excluding steroid dienone is 2. The van der Waals surface area contributed by atoms with Gasteiger partial charge in [-0.15, -0.1) is 0 Å². The fraction of sp³-hybridized carbons (Fsp3) is 0.200. The average Bonchev–Trinajstić information content (AvgIpc) is 3.08. The van der Waals surface area contributed by atoms with Gasteiger partial charge in [0.05, 0.1) is 6.61 Å². The lowest BCUT2D eigenvalue weighted by Gasteiger charge is -2.46. The molecule has 5 aromatic carbocycles. The molecule has 1 atom stereocenters. The standard InChI is InChI=1S/C40H40OP2/c1-3-31-25-33-26-34(29-41)32(4-2)27-39(33)40(28-31,43(37-21-13-7-14-22-37)38-23-15-8-16-24-38)30-42(35-17-9-5-10-18-35)36-19-11-6-12-20-36/h5-24,26-28,41H,3-4,25,29-30H2,1-2H3. The van der Waals surface area contributed by atoms with Crippen LogP contribution in [-0.4, -0.2) is 11.3 Å².